The molecule has 146 valence electrons. The lowest BCUT2D eigenvalue weighted by atomic mass is 9.89. The van der Waals surface area contributed by atoms with Crippen molar-refractivity contribution in [3.8, 4) is 0 Å². The summed E-state index contributed by atoms with van der Waals surface area (Å²) in [5.74, 6) is 0.858. The SMILES string of the molecule is CC1=Nc2ccnn2C(c2ccc(Cl)c(Cl)c2)C1C1=NCC(c2ccccc2)S1. The van der Waals surface area contributed by atoms with E-state index in [-0.39, 0.29) is 12.0 Å². The van der Waals surface area contributed by atoms with Gasteiger partial charge in [-0.15, -0.1) is 11.8 Å². The maximum absolute atomic E-state index is 6.35. The summed E-state index contributed by atoms with van der Waals surface area (Å²) in [5.41, 5.74) is 3.39. The number of thioether (sulfide) groups is 1. The maximum atomic E-state index is 6.35. The average molecular weight is 441 g/mol. The second-order valence-corrected chi connectivity index (χ2v) is 9.22. The summed E-state index contributed by atoms with van der Waals surface area (Å²) in [4.78, 5) is 9.75. The molecule has 3 atom stereocenters. The van der Waals surface area contributed by atoms with E-state index in [9.17, 15) is 0 Å². The molecule has 2 aliphatic heterocycles. The Morgan fingerprint density at radius 3 is 2.62 bits per heavy atom. The van der Waals surface area contributed by atoms with E-state index in [0.29, 0.717) is 15.3 Å². The molecule has 1 aromatic heterocycles. The highest BCUT2D eigenvalue weighted by molar-refractivity contribution is 8.14. The number of hydrogen-bond donors (Lipinski definition) is 0. The van der Waals surface area contributed by atoms with Gasteiger partial charge in [-0.25, -0.2) is 9.67 Å². The van der Waals surface area contributed by atoms with Crippen molar-refractivity contribution in [1.82, 2.24) is 9.78 Å². The summed E-state index contributed by atoms with van der Waals surface area (Å²) >= 11 is 14.4. The number of halogens is 2. The molecule has 3 unspecified atom stereocenters. The summed E-state index contributed by atoms with van der Waals surface area (Å²) in [7, 11) is 0. The van der Waals surface area contributed by atoms with Crippen molar-refractivity contribution in [3.63, 3.8) is 0 Å². The Bertz CT molecular complexity index is 1120. The van der Waals surface area contributed by atoms with Gasteiger partial charge in [-0.3, -0.25) is 4.99 Å². The fourth-order valence-electron chi connectivity index (χ4n) is 3.98. The van der Waals surface area contributed by atoms with Crippen molar-refractivity contribution in [2.45, 2.75) is 18.2 Å². The third-order valence-electron chi connectivity index (χ3n) is 5.37. The van der Waals surface area contributed by atoms with Crippen LogP contribution in [0.5, 0.6) is 0 Å². The van der Waals surface area contributed by atoms with Gasteiger partial charge in [0.2, 0.25) is 0 Å². The molecule has 0 saturated heterocycles. The molecule has 7 heteroatoms. The Morgan fingerprint density at radius 1 is 1.00 bits per heavy atom. The fraction of sp³-hybridized carbons (Fsp3) is 0.227. The highest BCUT2D eigenvalue weighted by atomic mass is 35.5. The van der Waals surface area contributed by atoms with Crippen molar-refractivity contribution in [1.29, 1.82) is 0 Å². The van der Waals surface area contributed by atoms with Gasteiger partial charge in [-0.2, -0.15) is 5.10 Å². The van der Waals surface area contributed by atoms with Crippen LogP contribution in [0.15, 0.2) is 70.8 Å². The predicted molar refractivity (Wildman–Crippen MR) is 122 cm³/mol. The van der Waals surface area contributed by atoms with E-state index in [1.165, 1.54) is 5.56 Å². The van der Waals surface area contributed by atoms with E-state index >= 15 is 0 Å². The lowest BCUT2D eigenvalue weighted by Gasteiger charge is -2.32. The summed E-state index contributed by atoms with van der Waals surface area (Å²) < 4.78 is 1.97. The van der Waals surface area contributed by atoms with Crippen LogP contribution in [0.3, 0.4) is 0 Å². The van der Waals surface area contributed by atoms with E-state index in [1.807, 2.05) is 46.8 Å². The minimum Gasteiger partial charge on any atom is -0.281 e. The van der Waals surface area contributed by atoms with Gasteiger partial charge in [0.1, 0.15) is 0 Å². The smallest absolute Gasteiger partial charge is 0.150 e. The zero-order valence-corrected chi connectivity index (χ0v) is 18.0. The molecule has 0 radical (unpaired) electrons. The van der Waals surface area contributed by atoms with Crippen LogP contribution in [0.25, 0.3) is 0 Å². The van der Waals surface area contributed by atoms with Crippen molar-refractivity contribution in [3.05, 3.63) is 82.0 Å². The molecule has 0 amide bonds. The summed E-state index contributed by atoms with van der Waals surface area (Å²) in [6.45, 7) is 2.85. The standard InChI is InChI=1S/C22H18Cl2N4S/c1-13-20(22-25-12-18(29-22)14-5-3-2-4-6-14)21(28-19(27-13)9-10-26-28)15-7-8-16(23)17(24)11-15/h2-11,18,20-21H,12H2,1H3. The molecule has 0 N–H and O–H groups in total. The Hall–Kier alpha value is -2.08. The molecule has 0 bridgehead atoms. The maximum Gasteiger partial charge on any atom is 0.150 e. The normalized spacial score (nSPS) is 23.5. The molecule has 0 aliphatic carbocycles. The molecule has 3 heterocycles. The van der Waals surface area contributed by atoms with Crippen LogP contribution in [0.1, 0.15) is 29.3 Å². The van der Waals surface area contributed by atoms with Gasteiger partial charge in [0.15, 0.2) is 5.82 Å². The number of rotatable bonds is 3. The lowest BCUT2D eigenvalue weighted by molar-refractivity contribution is 0.488. The third-order valence-corrected chi connectivity index (χ3v) is 7.44. The topological polar surface area (TPSA) is 42.5 Å². The highest BCUT2D eigenvalue weighted by Crippen LogP contribution is 2.45. The number of aliphatic imine (C=N–C) groups is 2. The summed E-state index contributed by atoms with van der Waals surface area (Å²) in [6, 6.07) is 18.2. The van der Waals surface area contributed by atoms with Gasteiger partial charge in [0.05, 0.1) is 45.0 Å². The fourth-order valence-corrected chi connectivity index (χ4v) is 5.62. The van der Waals surface area contributed by atoms with E-state index in [2.05, 4.69) is 36.3 Å². The first-order valence-corrected chi connectivity index (χ1v) is 11.0. The Balaban J connectivity index is 1.54. The van der Waals surface area contributed by atoms with Gasteiger partial charge in [0.25, 0.3) is 0 Å². The van der Waals surface area contributed by atoms with Gasteiger partial charge in [-0.05, 0) is 30.2 Å². The van der Waals surface area contributed by atoms with Crippen LogP contribution < -0.4 is 0 Å². The zero-order chi connectivity index (χ0) is 20.0. The number of nitrogens with zero attached hydrogens (tertiary/aromatic N) is 4. The predicted octanol–water partition coefficient (Wildman–Crippen LogP) is 6.39. The molecule has 2 aromatic carbocycles. The van der Waals surface area contributed by atoms with Crippen LogP contribution in [0, 0.1) is 5.92 Å². The monoisotopic (exact) mass is 440 g/mol. The van der Waals surface area contributed by atoms with Crippen LogP contribution in [0.2, 0.25) is 10.0 Å². The number of hydrogen-bond acceptors (Lipinski definition) is 4. The van der Waals surface area contributed by atoms with Gasteiger partial charge >= 0.3 is 0 Å². The van der Waals surface area contributed by atoms with Crippen molar-refractivity contribution < 1.29 is 0 Å². The van der Waals surface area contributed by atoms with E-state index < -0.39 is 0 Å². The number of fused-ring (bicyclic) bond motifs is 1. The minimum absolute atomic E-state index is 0.0124. The molecule has 3 aromatic rings. The lowest BCUT2D eigenvalue weighted by Crippen LogP contribution is -2.34. The van der Waals surface area contributed by atoms with Crippen LogP contribution in [-0.2, 0) is 0 Å². The molecular weight excluding hydrogens is 423 g/mol. The first kappa shape index (κ1) is 18.9. The Labute approximate surface area is 183 Å². The second kappa shape index (κ2) is 7.63. The number of benzene rings is 2. The van der Waals surface area contributed by atoms with Crippen LogP contribution in [0.4, 0.5) is 5.82 Å². The van der Waals surface area contributed by atoms with Crippen molar-refractivity contribution in [2.24, 2.45) is 15.9 Å². The van der Waals surface area contributed by atoms with E-state index in [4.69, 9.17) is 33.2 Å². The molecule has 4 nitrogen and oxygen atoms in total. The molecular formula is C22H18Cl2N4S. The van der Waals surface area contributed by atoms with E-state index in [0.717, 1.165) is 28.7 Å². The molecule has 29 heavy (non-hydrogen) atoms. The number of aromatic nitrogens is 2. The molecule has 2 aliphatic rings. The van der Waals surface area contributed by atoms with Crippen LogP contribution >= 0.6 is 35.0 Å². The van der Waals surface area contributed by atoms with Gasteiger partial charge in [0, 0.05) is 11.8 Å². The molecule has 0 spiro atoms. The second-order valence-electron chi connectivity index (χ2n) is 7.18. The Morgan fingerprint density at radius 2 is 1.83 bits per heavy atom. The highest BCUT2D eigenvalue weighted by Gasteiger charge is 2.39. The molecule has 5 rings (SSSR count). The van der Waals surface area contributed by atoms with E-state index in [1.54, 1.807) is 6.20 Å². The van der Waals surface area contributed by atoms with Gasteiger partial charge in [-0.1, -0.05) is 59.6 Å². The largest absolute Gasteiger partial charge is 0.281 e. The van der Waals surface area contributed by atoms with Gasteiger partial charge < -0.3 is 0 Å². The summed E-state index contributed by atoms with van der Waals surface area (Å²) in [6.07, 6.45) is 1.79. The first-order valence-electron chi connectivity index (χ1n) is 9.41. The van der Waals surface area contributed by atoms with Crippen molar-refractivity contribution >= 4 is 51.5 Å². The van der Waals surface area contributed by atoms with Crippen molar-refractivity contribution in [2.75, 3.05) is 6.54 Å². The zero-order valence-electron chi connectivity index (χ0n) is 15.7. The average Bonchev–Trinajstić information content (AvgIpc) is 3.39. The van der Waals surface area contributed by atoms with Crippen LogP contribution in [-0.4, -0.2) is 27.1 Å². The first-order chi connectivity index (χ1) is 14.1. The minimum atomic E-state index is -0.0620. The Kier molecular flexibility index (Phi) is 4.98. The summed E-state index contributed by atoms with van der Waals surface area (Å²) in [5, 5.41) is 7.08. The molecule has 0 saturated carbocycles. The molecule has 0 fully saturated rings. The third kappa shape index (κ3) is 3.41. The quantitative estimate of drug-likeness (QED) is 0.473.